The molecule has 1 amide bonds. The van der Waals surface area contributed by atoms with Gasteiger partial charge in [-0.2, -0.15) is 0 Å². The topological polar surface area (TPSA) is 87.6 Å². The molecule has 0 radical (unpaired) electrons. The number of amidine groups is 1. The summed E-state index contributed by atoms with van der Waals surface area (Å²) in [7, 11) is -3.59. The van der Waals surface area contributed by atoms with E-state index in [0.717, 1.165) is 25.7 Å². The van der Waals surface area contributed by atoms with Crippen LogP contribution in [-0.2, 0) is 14.8 Å². The van der Waals surface area contributed by atoms with Gasteiger partial charge in [-0.1, -0.05) is 45.2 Å². The van der Waals surface area contributed by atoms with Gasteiger partial charge in [-0.25, -0.2) is 8.42 Å². The molecule has 1 fully saturated rings. The quantitative estimate of drug-likeness (QED) is 0.860. The minimum atomic E-state index is -3.59. The summed E-state index contributed by atoms with van der Waals surface area (Å²) >= 11 is 0. The monoisotopic (exact) mass is 363 g/mol. The summed E-state index contributed by atoms with van der Waals surface area (Å²) in [5.41, 5.74) is 0.526. The van der Waals surface area contributed by atoms with Gasteiger partial charge in [0.2, 0.25) is 5.91 Å². The molecule has 1 aromatic rings. The fourth-order valence-electron chi connectivity index (χ4n) is 3.41. The molecule has 0 spiro atoms. The molecule has 136 valence electrons. The number of carbonyl (C=O) groups is 1. The zero-order valence-corrected chi connectivity index (χ0v) is 15.5. The molecule has 1 aliphatic heterocycles. The Morgan fingerprint density at radius 2 is 1.88 bits per heavy atom. The van der Waals surface area contributed by atoms with Crippen LogP contribution in [0.25, 0.3) is 0 Å². The van der Waals surface area contributed by atoms with Crippen LogP contribution in [0.5, 0.6) is 0 Å². The van der Waals surface area contributed by atoms with Crippen molar-refractivity contribution in [1.29, 1.82) is 0 Å². The van der Waals surface area contributed by atoms with Gasteiger partial charge < -0.3 is 5.32 Å². The summed E-state index contributed by atoms with van der Waals surface area (Å²) < 4.78 is 26.9. The number of fused-ring (bicyclic) bond motifs is 1. The molecule has 1 aromatic carbocycles. The van der Waals surface area contributed by atoms with Gasteiger partial charge in [-0.05, 0) is 30.9 Å². The third kappa shape index (κ3) is 3.86. The van der Waals surface area contributed by atoms with E-state index in [1.54, 1.807) is 24.3 Å². The zero-order chi connectivity index (χ0) is 18.0. The van der Waals surface area contributed by atoms with Crippen LogP contribution in [-0.4, -0.2) is 32.2 Å². The highest BCUT2D eigenvalue weighted by atomic mass is 32.2. The maximum absolute atomic E-state index is 12.7. The summed E-state index contributed by atoms with van der Waals surface area (Å²) in [6, 6.07) is 6.29. The van der Waals surface area contributed by atoms with Crippen molar-refractivity contribution in [3.8, 4) is 0 Å². The molecule has 7 heteroatoms. The molecule has 1 heterocycles. The first-order valence-corrected chi connectivity index (χ1v) is 10.4. The Hall–Kier alpha value is -1.89. The molecular formula is C18H25N3O3S. The third-order valence-electron chi connectivity index (χ3n) is 4.78. The number of hydrogen-bond donors (Lipinski definition) is 2. The maximum Gasteiger partial charge on any atom is 0.263 e. The number of sulfonamides is 1. The van der Waals surface area contributed by atoms with E-state index in [0.29, 0.717) is 5.56 Å². The van der Waals surface area contributed by atoms with E-state index in [9.17, 15) is 13.2 Å². The lowest BCUT2D eigenvalue weighted by molar-refractivity contribution is -0.124. The highest BCUT2D eigenvalue weighted by molar-refractivity contribution is 7.90. The number of hydrogen-bond acceptors (Lipinski definition) is 4. The molecule has 1 aliphatic carbocycles. The zero-order valence-electron chi connectivity index (χ0n) is 14.7. The first-order chi connectivity index (χ1) is 11.9. The van der Waals surface area contributed by atoms with Crippen molar-refractivity contribution in [2.75, 3.05) is 0 Å². The summed E-state index contributed by atoms with van der Waals surface area (Å²) in [4.78, 5) is 17.4. The molecule has 6 nitrogen and oxygen atoms in total. The van der Waals surface area contributed by atoms with E-state index in [1.165, 1.54) is 6.42 Å². The molecule has 3 rings (SSSR count). The van der Waals surface area contributed by atoms with E-state index >= 15 is 0 Å². The molecule has 1 atom stereocenters. The maximum atomic E-state index is 12.7. The van der Waals surface area contributed by atoms with Gasteiger partial charge in [0.25, 0.3) is 10.0 Å². The molecule has 1 saturated carbocycles. The summed E-state index contributed by atoms with van der Waals surface area (Å²) in [6.07, 6.45) is 5.50. The van der Waals surface area contributed by atoms with Gasteiger partial charge in [0, 0.05) is 11.6 Å². The van der Waals surface area contributed by atoms with Crippen LogP contribution in [0.1, 0.15) is 51.5 Å². The number of amides is 1. The van der Waals surface area contributed by atoms with Crippen LogP contribution in [0.3, 0.4) is 0 Å². The van der Waals surface area contributed by atoms with Crippen LogP contribution >= 0.6 is 0 Å². The predicted molar refractivity (Wildman–Crippen MR) is 96.9 cm³/mol. The molecule has 0 unspecified atom stereocenters. The number of nitrogens with zero attached hydrogens (tertiary/aromatic N) is 1. The van der Waals surface area contributed by atoms with E-state index < -0.39 is 16.1 Å². The number of carbonyl (C=O) groups excluding carboxylic acids is 1. The minimum absolute atomic E-state index is 0.0339. The smallest absolute Gasteiger partial charge is 0.263 e. The fourth-order valence-corrected chi connectivity index (χ4v) is 4.65. The van der Waals surface area contributed by atoms with E-state index in [2.05, 4.69) is 15.0 Å². The Morgan fingerprint density at radius 3 is 2.56 bits per heavy atom. The third-order valence-corrected chi connectivity index (χ3v) is 6.18. The molecule has 25 heavy (non-hydrogen) atoms. The number of nitrogens with one attached hydrogen (secondary N) is 2. The van der Waals surface area contributed by atoms with Crippen molar-refractivity contribution in [2.45, 2.75) is 62.9 Å². The van der Waals surface area contributed by atoms with Gasteiger partial charge >= 0.3 is 0 Å². The van der Waals surface area contributed by atoms with Crippen LogP contribution in [0.4, 0.5) is 0 Å². The van der Waals surface area contributed by atoms with Crippen LogP contribution in [0, 0.1) is 5.92 Å². The normalized spacial score (nSPS) is 22.4. The number of rotatable bonds is 4. The van der Waals surface area contributed by atoms with Crippen LogP contribution in [0.15, 0.2) is 34.2 Å². The van der Waals surface area contributed by atoms with E-state index in [-0.39, 0.29) is 28.6 Å². The largest absolute Gasteiger partial charge is 0.352 e. The van der Waals surface area contributed by atoms with E-state index in [1.807, 2.05) is 13.8 Å². The minimum Gasteiger partial charge on any atom is -0.352 e. The van der Waals surface area contributed by atoms with Crippen molar-refractivity contribution in [1.82, 2.24) is 10.0 Å². The second-order valence-corrected chi connectivity index (χ2v) is 8.76. The van der Waals surface area contributed by atoms with Crippen molar-refractivity contribution < 1.29 is 13.2 Å². The predicted octanol–water partition coefficient (Wildman–Crippen LogP) is 2.20. The molecule has 0 bridgehead atoms. The Kier molecular flexibility index (Phi) is 5.13. The van der Waals surface area contributed by atoms with Gasteiger partial charge in [-0.15, -0.1) is 0 Å². The SMILES string of the molecule is CC(C)[C@H](N=C1NS(=O)(=O)c2ccccc21)C(=O)NC1CCCCC1. The van der Waals surface area contributed by atoms with E-state index in [4.69, 9.17) is 0 Å². The first-order valence-electron chi connectivity index (χ1n) is 8.89. The highest BCUT2D eigenvalue weighted by Gasteiger charge is 2.33. The van der Waals surface area contributed by atoms with Crippen molar-refractivity contribution in [3.05, 3.63) is 29.8 Å². The van der Waals surface area contributed by atoms with Gasteiger partial charge in [-0.3, -0.25) is 14.5 Å². The molecule has 0 aromatic heterocycles. The Morgan fingerprint density at radius 1 is 1.20 bits per heavy atom. The Balaban J connectivity index is 1.84. The Bertz CT molecular complexity index is 781. The lowest BCUT2D eigenvalue weighted by atomic mass is 9.94. The molecule has 2 aliphatic rings. The van der Waals surface area contributed by atoms with Gasteiger partial charge in [0.1, 0.15) is 11.9 Å². The molecular weight excluding hydrogens is 338 g/mol. The lowest BCUT2D eigenvalue weighted by Crippen LogP contribution is -2.44. The standard InChI is InChI=1S/C18H25N3O3S/c1-12(2)16(18(22)19-13-8-4-3-5-9-13)20-17-14-10-6-7-11-15(14)25(23,24)21-17/h6-7,10-13,16H,3-5,8-9H2,1-2H3,(H,19,22)(H,20,21)/t16-/m0/s1. The average Bonchev–Trinajstić information content (AvgIpc) is 2.84. The first kappa shape index (κ1) is 17.9. The molecule has 0 saturated heterocycles. The van der Waals surface area contributed by atoms with Crippen LogP contribution in [0.2, 0.25) is 0 Å². The van der Waals surface area contributed by atoms with Crippen molar-refractivity contribution in [3.63, 3.8) is 0 Å². The Labute approximate surface area is 149 Å². The second-order valence-electron chi connectivity index (χ2n) is 7.11. The fraction of sp³-hybridized carbons (Fsp3) is 0.556. The summed E-state index contributed by atoms with van der Waals surface area (Å²) in [6.45, 7) is 3.84. The molecule has 2 N–H and O–H groups in total. The second kappa shape index (κ2) is 7.15. The van der Waals surface area contributed by atoms with Crippen LogP contribution < -0.4 is 10.0 Å². The van der Waals surface area contributed by atoms with Gasteiger partial charge in [0.15, 0.2) is 0 Å². The van der Waals surface area contributed by atoms with Gasteiger partial charge in [0.05, 0.1) is 4.90 Å². The number of aliphatic imine (C=N–C) groups is 1. The van der Waals surface area contributed by atoms with Crippen molar-refractivity contribution in [2.24, 2.45) is 10.9 Å². The number of benzene rings is 1. The average molecular weight is 363 g/mol. The summed E-state index contributed by atoms with van der Waals surface area (Å²) in [5, 5.41) is 3.10. The lowest BCUT2D eigenvalue weighted by Gasteiger charge is -2.25. The van der Waals surface area contributed by atoms with Crippen molar-refractivity contribution >= 4 is 21.8 Å². The highest BCUT2D eigenvalue weighted by Crippen LogP contribution is 2.24. The summed E-state index contributed by atoms with van der Waals surface area (Å²) in [5.74, 6) is 0.0967.